The van der Waals surface area contributed by atoms with Gasteiger partial charge in [0.25, 0.3) is 6.47 Å². The number of aliphatic hydroxyl groups is 4. The Kier molecular flexibility index (Phi) is 45.4. The number of carbonyl (C=O) groups excluding carboxylic acids is 3. The van der Waals surface area contributed by atoms with Crippen LogP contribution in [0.1, 0.15) is 149 Å². The molecule has 1 aliphatic rings. The summed E-state index contributed by atoms with van der Waals surface area (Å²) in [5.74, 6) is 0.231. The van der Waals surface area contributed by atoms with Gasteiger partial charge >= 0.3 is 12.1 Å². The zero-order valence-electron chi connectivity index (χ0n) is 49.1. The van der Waals surface area contributed by atoms with Crippen molar-refractivity contribution in [3.8, 4) is 0 Å². The Morgan fingerprint density at radius 2 is 1.51 bits per heavy atom. The summed E-state index contributed by atoms with van der Waals surface area (Å²) in [6.45, 7) is 33.1. The number of aromatic nitrogens is 2. The Morgan fingerprint density at radius 3 is 1.95 bits per heavy atom. The van der Waals surface area contributed by atoms with Gasteiger partial charge in [-0.05, 0) is 102 Å². The highest BCUT2D eigenvalue weighted by atomic mass is 16.6. The zero-order valence-corrected chi connectivity index (χ0v) is 49.1. The number of likely N-dealkylation sites (N-methyl/N-ethyl adjacent to an activating group) is 1. The topological polar surface area (TPSA) is 258 Å². The number of carboxylic acid groups (broad SMARTS) is 1. The van der Waals surface area contributed by atoms with Gasteiger partial charge in [-0.25, -0.2) is 14.3 Å². The average molecular weight is 1050 g/mol. The van der Waals surface area contributed by atoms with Gasteiger partial charge in [0, 0.05) is 58.2 Å². The molecule has 432 valence electrons. The molecule has 0 radical (unpaired) electrons. The number of esters is 1. The van der Waals surface area contributed by atoms with E-state index in [1.54, 1.807) is 21.1 Å². The number of methoxy groups -OCH3 is 2. The molecule has 1 aromatic rings. The van der Waals surface area contributed by atoms with Gasteiger partial charge in [0.2, 0.25) is 0 Å². The monoisotopic (exact) mass is 1050 g/mol. The Labute approximate surface area is 441 Å². The second-order valence-electron chi connectivity index (χ2n) is 20.7. The normalized spacial score (nSPS) is 24.8. The second-order valence-corrected chi connectivity index (χ2v) is 20.7. The number of ether oxygens (including phenoxy) is 5. The summed E-state index contributed by atoms with van der Waals surface area (Å²) in [7, 11) is 7.60. The molecule has 2 rings (SSSR count). The zero-order chi connectivity index (χ0) is 57.6. The van der Waals surface area contributed by atoms with E-state index in [0.29, 0.717) is 38.3 Å². The van der Waals surface area contributed by atoms with E-state index < -0.39 is 42.0 Å². The van der Waals surface area contributed by atoms with Crippen molar-refractivity contribution in [3.05, 3.63) is 18.7 Å². The molecular formula is C54H106N4O15. The van der Waals surface area contributed by atoms with Crippen molar-refractivity contribution in [2.75, 3.05) is 62.0 Å². The summed E-state index contributed by atoms with van der Waals surface area (Å²) in [4.78, 5) is 59.4. The molecule has 0 aromatic carbocycles. The predicted octanol–water partition coefficient (Wildman–Crippen LogP) is 8.23. The van der Waals surface area contributed by atoms with Crippen LogP contribution in [0.5, 0.6) is 0 Å². The molecule has 2 heterocycles. The van der Waals surface area contributed by atoms with Crippen LogP contribution in [0.4, 0.5) is 4.79 Å². The first-order chi connectivity index (χ1) is 34.1. The molecule has 19 nitrogen and oxygen atoms in total. The average Bonchev–Trinajstić information content (AvgIpc) is 3.89. The lowest BCUT2D eigenvalue weighted by atomic mass is 9.73. The van der Waals surface area contributed by atoms with Crippen molar-refractivity contribution >= 4 is 30.0 Å². The molecule has 0 aliphatic carbocycles. The number of aliphatic hydroxyl groups excluding tert-OH is 4. The third-order valence-corrected chi connectivity index (χ3v) is 13.0. The van der Waals surface area contributed by atoms with E-state index in [1.807, 2.05) is 53.5 Å². The van der Waals surface area contributed by atoms with Gasteiger partial charge in [-0.3, -0.25) is 19.3 Å². The Hall–Kier alpha value is -3.56. The third kappa shape index (κ3) is 33.9. The molecule has 1 aliphatic heterocycles. The van der Waals surface area contributed by atoms with Gasteiger partial charge in [-0.15, -0.1) is 0 Å². The summed E-state index contributed by atoms with van der Waals surface area (Å²) < 4.78 is 29.5. The van der Waals surface area contributed by atoms with Crippen molar-refractivity contribution < 1.29 is 73.2 Å². The predicted molar refractivity (Wildman–Crippen MR) is 287 cm³/mol. The lowest BCUT2D eigenvalue weighted by Crippen LogP contribution is -2.47. The van der Waals surface area contributed by atoms with E-state index in [0.717, 1.165) is 25.2 Å². The first-order valence-electron chi connectivity index (χ1n) is 25.9. The van der Waals surface area contributed by atoms with Crippen molar-refractivity contribution in [2.45, 2.75) is 185 Å². The number of imidazole rings is 1. The van der Waals surface area contributed by atoms with E-state index in [9.17, 15) is 24.6 Å². The molecule has 0 amide bonds. The third-order valence-electron chi connectivity index (χ3n) is 13.0. The van der Waals surface area contributed by atoms with Crippen molar-refractivity contribution in [3.63, 3.8) is 0 Å². The summed E-state index contributed by atoms with van der Waals surface area (Å²) in [5, 5.41) is 46.2. The molecule has 1 fully saturated rings. The van der Waals surface area contributed by atoms with Gasteiger partial charge < -0.3 is 54.1 Å². The minimum atomic E-state index is -1.36. The van der Waals surface area contributed by atoms with Crippen molar-refractivity contribution in [1.82, 2.24) is 14.5 Å². The van der Waals surface area contributed by atoms with Crippen LogP contribution in [-0.2, 0) is 42.9 Å². The summed E-state index contributed by atoms with van der Waals surface area (Å²) in [6, 6.07) is 0.185. The number of oxime groups is 1. The van der Waals surface area contributed by atoms with Crippen LogP contribution in [0.15, 0.2) is 23.9 Å². The molecule has 5 unspecified atom stereocenters. The minimum Gasteiger partial charge on any atom is -0.483 e. The van der Waals surface area contributed by atoms with Crippen LogP contribution in [0.2, 0.25) is 0 Å². The Morgan fingerprint density at radius 1 is 0.959 bits per heavy atom. The SMILES string of the molecule is CCC(C)C.CO.CO/N=C(\C)CC(C)C.COCN(C)C(C)CO.CO[C@@H](CCOC[C@@H](C)C1OC(=O)C(C)C[C@H](C)[C@@H](C)[C@@H](C)C[C@](C)(OC(=O)n2ccnc2)C(=O)C(C)C[C@H]1C)[C@H](O)C(C)O.O=CO. The highest BCUT2D eigenvalue weighted by molar-refractivity contribution is 5.91. The van der Waals surface area contributed by atoms with Crippen molar-refractivity contribution in [2.24, 2.45) is 58.4 Å². The standard InChI is InChI=1S/C34H58N2O9.C7H15NO.C6H15NO2.C5H12.CH2O2.CH4O/c1-20-15-23(4)32(40)44-30(25(6)18-43-14-11-28(42-10)29(38)27(8)37)21(2)16-22(3)31(39)34(9,17-24(5)26(20)7)45-33(41)36-13-12-35-19-36;1-6(2)5-7(3)8-9-4;1-6(4-8)7(2)5-9-3;1-4-5(2)3;2-1-3;1-2/h12-13,19-30,37-38H,11,14-18H2,1-10H3;6H,5H2,1-4H3;6,8H,4-5H2,1-3H3;5H,4H2,1-3H3;1H,(H,2,3);2H,1H3/b;8-7+;;;;/t20-,21+,22?,23?,24-,25+,26+,27?,28-,29+,30?,34-;;;;;/m0...../s1. The smallest absolute Gasteiger partial charge is 0.420 e. The van der Waals surface area contributed by atoms with Crippen LogP contribution < -0.4 is 0 Å². The van der Waals surface area contributed by atoms with Crippen LogP contribution in [0.3, 0.4) is 0 Å². The number of Topliss-reactive ketones (excluding diaryl/α,β-unsaturated/α-hetero) is 1. The lowest BCUT2D eigenvalue weighted by molar-refractivity contribution is -0.162. The largest absolute Gasteiger partial charge is 0.483 e. The fourth-order valence-corrected chi connectivity index (χ4v) is 7.95. The number of ketones is 1. The maximum atomic E-state index is 14.1. The van der Waals surface area contributed by atoms with Crippen molar-refractivity contribution in [1.29, 1.82) is 0 Å². The number of hydrogen-bond acceptors (Lipinski definition) is 17. The molecule has 73 heavy (non-hydrogen) atoms. The molecule has 0 bridgehead atoms. The molecule has 13 atom stereocenters. The van der Waals surface area contributed by atoms with E-state index in [2.05, 4.69) is 70.4 Å². The minimum absolute atomic E-state index is 0.0321. The second kappa shape index (κ2) is 43.7. The highest BCUT2D eigenvalue weighted by Crippen LogP contribution is 2.37. The van der Waals surface area contributed by atoms with Gasteiger partial charge in [-0.2, -0.15) is 0 Å². The molecule has 1 aromatic heterocycles. The lowest BCUT2D eigenvalue weighted by Gasteiger charge is -2.38. The van der Waals surface area contributed by atoms with Crippen LogP contribution in [0, 0.1) is 53.3 Å². The number of hydrogen-bond donors (Lipinski definition) is 5. The first-order valence-corrected chi connectivity index (χ1v) is 25.9. The summed E-state index contributed by atoms with van der Waals surface area (Å²) >= 11 is 0. The molecule has 0 saturated carbocycles. The number of cyclic esters (lactones) is 1. The maximum absolute atomic E-state index is 14.1. The van der Waals surface area contributed by atoms with Crippen LogP contribution in [0.25, 0.3) is 0 Å². The van der Waals surface area contributed by atoms with E-state index >= 15 is 0 Å². The maximum Gasteiger partial charge on any atom is 0.420 e. The number of nitrogens with zero attached hydrogens (tertiary/aromatic N) is 4. The summed E-state index contributed by atoms with van der Waals surface area (Å²) in [6.07, 6.45) is 4.71. The molecule has 19 heteroatoms. The fourth-order valence-electron chi connectivity index (χ4n) is 7.95. The van der Waals surface area contributed by atoms with Gasteiger partial charge in [0.05, 0.1) is 43.8 Å². The van der Waals surface area contributed by atoms with Crippen LogP contribution in [-0.4, -0.2) is 168 Å². The molecule has 0 spiro atoms. The quantitative estimate of drug-likeness (QED) is 0.0232. The van der Waals surface area contributed by atoms with Gasteiger partial charge in [0.15, 0.2) is 11.4 Å². The van der Waals surface area contributed by atoms with E-state index in [1.165, 1.54) is 43.7 Å². The van der Waals surface area contributed by atoms with E-state index in [-0.39, 0.29) is 79.6 Å². The van der Waals surface area contributed by atoms with Gasteiger partial charge in [0.1, 0.15) is 25.6 Å². The number of carbonyl (C=O) groups is 4. The van der Waals surface area contributed by atoms with E-state index in [4.69, 9.17) is 43.8 Å². The summed E-state index contributed by atoms with van der Waals surface area (Å²) in [5.41, 5.74) is -0.300. The fraction of sp³-hybridized carbons (Fsp3) is 0.852. The molecular weight excluding hydrogens is 945 g/mol. The highest BCUT2D eigenvalue weighted by Gasteiger charge is 2.44. The molecule has 5 N–H and O–H groups in total. The first kappa shape index (κ1) is 76.0. The Bertz CT molecular complexity index is 1550. The molecule has 1 saturated heterocycles. The Balaban J connectivity index is -0.000000688. The van der Waals surface area contributed by atoms with Gasteiger partial charge in [-0.1, -0.05) is 94.7 Å². The number of rotatable bonds is 18. The van der Waals surface area contributed by atoms with Crippen LogP contribution >= 0.6 is 0 Å².